The van der Waals surface area contributed by atoms with Crippen molar-refractivity contribution in [2.45, 2.75) is 82.9 Å². The molecule has 1 amide bonds. The third kappa shape index (κ3) is 11.7. The molecule has 1 unspecified atom stereocenters. The lowest BCUT2D eigenvalue weighted by Gasteiger charge is -2.46. The second-order valence-electron chi connectivity index (χ2n) is 8.44. The average Bonchev–Trinajstić information content (AvgIpc) is 2.74. The molecule has 0 bridgehead atoms. The summed E-state index contributed by atoms with van der Waals surface area (Å²) >= 11 is 3.12. The highest BCUT2D eigenvalue weighted by Gasteiger charge is 2.54. The minimum Gasteiger partial charge on any atom is -0.456 e. The normalized spacial score (nSPS) is 25.7. The SMILES string of the molecule is CSCCCCC[S+](C)C[C@H](NC(C)=O)[C@H]1O[C@H](SC)[C@H](OC(C)=O)[C@@H](OC(C)=O)[C@H]1OC(C)=O. The van der Waals surface area contributed by atoms with Gasteiger partial charge in [0.15, 0.2) is 18.3 Å². The Morgan fingerprint density at radius 1 is 0.886 bits per heavy atom. The summed E-state index contributed by atoms with van der Waals surface area (Å²) in [4.78, 5) is 48.0. The molecule has 0 spiro atoms. The number of hydrogen-bond donors (Lipinski definition) is 1. The summed E-state index contributed by atoms with van der Waals surface area (Å²) < 4.78 is 22.9. The van der Waals surface area contributed by atoms with E-state index in [4.69, 9.17) is 18.9 Å². The molecule has 1 aliphatic rings. The molecule has 0 radical (unpaired) electrons. The van der Waals surface area contributed by atoms with Crippen LogP contribution in [0, 0.1) is 0 Å². The molecule has 9 nitrogen and oxygen atoms in total. The maximum atomic E-state index is 12.1. The van der Waals surface area contributed by atoms with E-state index in [0.29, 0.717) is 5.75 Å². The second-order valence-corrected chi connectivity index (χ2v) is 12.7. The molecule has 12 heteroatoms. The first-order valence-electron chi connectivity index (χ1n) is 11.5. The summed E-state index contributed by atoms with van der Waals surface area (Å²) in [6, 6.07) is -0.498. The molecule has 0 aromatic carbocycles. The summed E-state index contributed by atoms with van der Waals surface area (Å²) in [5.41, 5.74) is -0.693. The summed E-state index contributed by atoms with van der Waals surface area (Å²) in [7, 11) is -0.0462. The van der Waals surface area contributed by atoms with Crippen molar-refractivity contribution in [1.82, 2.24) is 5.32 Å². The van der Waals surface area contributed by atoms with Gasteiger partial charge in [0.1, 0.15) is 29.1 Å². The van der Waals surface area contributed by atoms with Gasteiger partial charge in [-0.2, -0.15) is 11.8 Å². The van der Waals surface area contributed by atoms with Crippen LogP contribution in [0.3, 0.4) is 0 Å². The van der Waals surface area contributed by atoms with Crippen LogP contribution >= 0.6 is 23.5 Å². The first-order valence-corrected chi connectivity index (χ1v) is 16.2. The van der Waals surface area contributed by atoms with Crippen molar-refractivity contribution in [2.24, 2.45) is 0 Å². The first-order chi connectivity index (χ1) is 16.5. The highest BCUT2D eigenvalue weighted by molar-refractivity contribution is 7.99. The molecule has 0 aromatic rings. The monoisotopic (exact) mass is 554 g/mol. The van der Waals surface area contributed by atoms with Crippen molar-refractivity contribution in [1.29, 1.82) is 0 Å². The number of ether oxygens (including phenoxy) is 4. The quantitative estimate of drug-likeness (QED) is 0.148. The van der Waals surface area contributed by atoms with Crippen molar-refractivity contribution in [3.8, 4) is 0 Å². The largest absolute Gasteiger partial charge is 0.456 e. The fraction of sp³-hybridized carbons (Fsp3) is 0.826. The summed E-state index contributed by atoms with van der Waals surface area (Å²) in [5.74, 6) is 0.718. The lowest BCUT2D eigenvalue weighted by atomic mass is 9.94. The van der Waals surface area contributed by atoms with E-state index >= 15 is 0 Å². The van der Waals surface area contributed by atoms with Crippen LogP contribution in [0.15, 0.2) is 0 Å². The lowest BCUT2D eigenvalue weighted by Crippen LogP contribution is -2.66. The number of carbonyl (C=O) groups excluding carboxylic acids is 4. The molecular weight excluding hydrogens is 514 g/mol. The maximum absolute atomic E-state index is 12.1. The van der Waals surface area contributed by atoms with E-state index in [2.05, 4.69) is 17.8 Å². The van der Waals surface area contributed by atoms with E-state index < -0.39 is 53.8 Å². The number of carbonyl (C=O) groups is 4. The minimum atomic E-state index is -1.09. The topological polar surface area (TPSA) is 117 Å². The van der Waals surface area contributed by atoms with Gasteiger partial charge in [0, 0.05) is 27.7 Å². The zero-order chi connectivity index (χ0) is 26.5. The molecule has 0 aromatic heterocycles. The summed E-state index contributed by atoms with van der Waals surface area (Å²) in [5, 5.41) is 2.96. The zero-order valence-corrected chi connectivity index (χ0v) is 24.1. The van der Waals surface area contributed by atoms with Crippen LogP contribution in [0.5, 0.6) is 0 Å². The van der Waals surface area contributed by atoms with Crippen LogP contribution in [0.2, 0.25) is 0 Å². The van der Waals surface area contributed by atoms with Gasteiger partial charge in [-0.25, -0.2) is 0 Å². The van der Waals surface area contributed by atoms with Gasteiger partial charge >= 0.3 is 17.9 Å². The van der Waals surface area contributed by atoms with Crippen LogP contribution in [-0.4, -0.2) is 95.7 Å². The van der Waals surface area contributed by atoms with Gasteiger partial charge in [0.25, 0.3) is 0 Å². The van der Waals surface area contributed by atoms with Crippen LogP contribution in [0.25, 0.3) is 0 Å². The summed E-state index contributed by atoms with van der Waals surface area (Å²) in [6.45, 7) is 5.15. The Bertz CT molecular complexity index is 710. The fourth-order valence-electron chi connectivity index (χ4n) is 3.96. The first kappa shape index (κ1) is 31.9. The van der Waals surface area contributed by atoms with Gasteiger partial charge in [0.05, 0.1) is 6.26 Å². The van der Waals surface area contributed by atoms with Crippen LogP contribution in [0.4, 0.5) is 0 Å². The zero-order valence-electron chi connectivity index (χ0n) is 21.7. The Balaban J connectivity index is 3.24. The number of esters is 3. The molecule has 202 valence electrons. The van der Waals surface area contributed by atoms with Gasteiger partial charge in [0.2, 0.25) is 5.91 Å². The number of thioether (sulfide) groups is 2. The Morgan fingerprint density at radius 2 is 1.46 bits per heavy atom. The van der Waals surface area contributed by atoms with Gasteiger partial charge < -0.3 is 24.3 Å². The van der Waals surface area contributed by atoms with Gasteiger partial charge in [-0.05, 0) is 48.4 Å². The van der Waals surface area contributed by atoms with Crippen molar-refractivity contribution < 1.29 is 38.1 Å². The molecule has 1 heterocycles. The highest BCUT2D eigenvalue weighted by Crippen LogP contribution is 2.34. The Morgan fingerprint density at radius 3 is 1.97 bits per heavy atom. The number of hydrogen-bond acceptors (Lipinski definition) is 10. The molecule has 1 saturated heterocycles. The third-order valence-electron chi connectivity index (χ3n) is 5.26. The average molecular weight is 555 g/mol. The number of amides is 1. The molecule has 0 aliphatic carbocycles. The molecule has 1 aliphatic heterocycles. The molecule has 1 fully saturated rings. The van der Waals surface area contributed by atoms with Crippen LogP contribution < -0.4 is 5.32 Å². The molecule has 0 saturated carbocycles. The van der Waals surface area contributed by atoms with E-state index in [1.807, 2.05) is 11.8 Å². The van der Waals surface area contributed by atoms with E-state index in [1.165, 1.54) is 45.9 Å². The van der Waals surface area contributed by atoms with Gasteiger partial charge in [-0.15, -0.1) is 11.8 Å². The second kappa shape index (κ2) is 16.6. The van der Waals surface area contributed by atoms with Gasteiger partial charge in [-0.3, -0.25) is 19.2 Å². The number of unbranched alkanes of at least 4 members (excludes halogenated alkanes) is 2. The Kier molecular flexibility index (Phi) is 15.1. The van der Waals surface area contributed by atoms with Crippen LogP contribution in [0.1, 0.15) is 47.0 Å². The summed E-state index contributed by atoms with van der Waals surface area (Å²) in [6.07, 6.45) is 5.48. The molecule has 1 N–H and O–H groups in total. The Hall–Kier alpha value is -1.11. The smallest absolute Gasteiger partial charge is 0.303 e. The molecule has 7 atom stereocenters. The molecular formula is C23H40NO8S3+. The van der Waals surface area contributed by atoms with Crippen molar-refractivity contribution in [3.63, 3.8) is 0 Å². The molecule has 1 rings (SSSR count). The maximum Gasteiger partial charge on any atom is 0.303 e. The van der Waals surface area contributed by atoms with Crippen molar-refractivity contribution in [3.05, 3.63) is 0 Å². The predicted octanol–water partition coefficient (Wildman–Crippen LogP) is 2.16. The predicted molar refractivity (Wildman–Crippen MR) is 142 cm³/mol. The number of rotatable bonds is 14. The Labute approximate surface area is 220 Å². The fourth-order valence-corrected chi connectivity index (χ4v) is 6.92. The van der Waals surface area contributed by atoms with Crippen LogP contribution in [-0.2, 0) is 49.0 Å². The van der Waals surface area contributed by atoms with Gasteiger partial charge in [-0.1, -0.05) is 0 Å². The van der Waals surface area contributed by atoms with Crippen molar-refractivity contribution >= 4 is 58.2 Å². The third-order valence-corrected chi connectivity index (χ3v) is 8.71. The molecule has 35 heavy (non-hydrogen) atoms. The van der Waals surface area contributed by atoms with Crippen molar-refractivity contribution in [2.75, 3.05) is 36.0 Å². The lowest BCUT2D eigenvalue weighted by molar-refractivity contribution is -0.234. The van der Waals surface area contributed by atoms with E-state index in [-0.39, 0.29) is 16.8 Å². The highest BCUT2D eigenvalue weighted by atomic mass is 32.2. The van der Waals surface area contributed by atoms with E-state index in [1.54, 1.807) is 6.26 Å². The minimum absolute atomic E-state index is 0.0462. The van der Waals surface area contributed by atoms with E-state index in [0.717, 1.165) is 24.3 Å². The number of nitrogens with one attached hydrogen (secondary N) is 1. The standard InChI is InChI=1S/C23H39NO8S3/c1-14(25)24-18(13-35(7)12-10-8-9-11-33-5)19-20(29-15(2)26)21(30-16(3)27)22(31-17(4)28)23(32-19)34-6/h18-23H,8-13H2,1-7H3/p+1/t18-,19+,20-,21-,22+,23+,35?/m0/s1. The van der Waals surface area contributed by atoms with E-state index in [9.17, 15) is 19.2 Å².